The number of halogens is 1. The van der Waals surface area contributed by atoms with E-state index in [0.717, 1.165) is 11.0 Å². The number of alkyl halides is 1. The maximum Gasteiger partial charge on any atom is 0.322 e. The van der Waals surface area contributed by atoms with Gasteiger partial charge in [-0.05, 0) is 39.0 Å². The van der Waals surface area contributed by atoms with Crippen molar-refractivity contribution >= 4 is 27.8 Å². The number of nitrogens with one attached hydrogen (secondary N) is 3. The monoisotopic (exact) mass is 479 g/mol. The molecule has 5 unspecified atom stereocenters. The van der Waals surface area contributed by atoms with E-state index >= 15 is 0 Å². The van der Waals surface area contributed by atoms with Gasteiger partial charge in [0.15, 0.2) is 0 Å². The first kappa shape index (κ1) is 23.5. The number of thioether (sulfide) groups is 1. The van der Waals surface area contributed by atoms with Crippen LogP contribution in [0.25, 0.3) is 0 Å². The Kier molecular flexibility index (Phi) is 6.28. The largest absolute Gasteiger partial charge is 0.329 e. The Bertz CT molecular complexity index is 803. The van der Waals surface area contributed by atoms with Gasteiger partial charge in [-0.25, -0.2) is 33.2 Å². The zero-order chi connectivity index (χ0) is 22.6. The number of hydrogen-bond donors (Lipinski definition) is 3. The molecule has 12 heteroatoms. The van der Waals surface area contributed by atoms with E-state index in [0.29, 0.717) is 38.6 Å². The molecule has 0 aromatic rings. The number of nitrogens with zero attached hydrogens (tertiary/aromatic N) is 3. The van der Waals surface area contributed by atoms with Crippen LogP contribution in [0.4, 0.5) is 9.18 Å². The smallest absolute Gasteiger partial charge is 0.322 e. The molecule has 178 valence electrons. The summed E-state index contributed by atoms with van der Waals surface area (Å²) in [6.07, 6.45) is 2.61. The molecule has 31 heavy (non-hydrogen) atoms. The van der Waals surface area contributed by atoms with E-state index in [1.165, 1.54) is 0 Å². The zero-order valence-corrected chi connectivity index (χ0v) is 20.4. The van der Waals surface area contributed by atoms with Gasteiger partial charge in [-0.2, -0.15) is 0 Å². The molecule has 5 atom stereocenters. The maximum absolute atomic E-state index is 13.5. The number of carbonyl (C=O) groups is 1. The first-order valence-corrected chi connectivity index (χ1v) is 13.6. The van der Waals surface area contributed by atoms with Crippen LogP contribution in [0.1, 0.15) is 39.0 Å². The van der Waals surface area contributed by atoms with Gasteiger partial charge < -0.3 is 9.38 Å². The number of urea groups is 1. The third-order valence-electron chi connectivity index (χ3n) is 6.87. The Morgan fingerprint density at radius 2 is 1.94 bits per heavy atom. The van der Waals surface area contributed by atoms with Crippen LogP contribution >= 0.6 is 11.8 Å². The van der Waals surface area contributed by atoms with Gasteiger partial charge in [0.25, 0.3) is 0 Å². The molecule has 0 aromatic heterocycles. The zero-order valence-electron chi connectivity index (χ0n) is 18.8. The molecule has 2 heterocycles. The van der Waals surface area contributed by atoms with Crippen molar-refractivity contribution in [3.05, 3.63) is 0 Å². The minimum Gasteiger partial charge on any atom is -0.329 e. The van der Waals surface area contributed by atoms with Crippen molar-refractivity contribution in [2.75, 3.05) is 40.9 Å². The van der Waals surface area contributed by atoms with Gasteiger partial charge in [0.1, 0.15) is 12.2 Å². The number of fused-ring (bicyclic) bond motifs is 1. The highest BCUT2D eigenvalue weighted by molar-refractivity contribution is 8.00. The predicted octanol–water partition coefficient (Wildman–Crippen LogP) is 0.612. The highest BCUT2D eigenvalue weighted by atomic mass is 32.2. The molecule has 4 fully saturated rings. The van der Waals surface area contributed by atoms with Crippen LogP contribution in [0.5, 0.6) is 0 Å². The normalized spacial score (nSPS) is 35.5. The Hall–Kier alpha value is -0.660. The quantitative estimate of drug-likeness (QED) is 0.442. The molecule has 0 bridgehead atoms. The Morgan fingerprint density at radius 3 is 2.48 bits per heavy atom. The third-order valence-corrected chi connectivity index (χ3v) is 10.0. The summed E-state index contributed by atoms with van der Waals surface area (Å²) in [5.41, 5.74) is 5.21. The second kappa shape index (κ2) is 8.28. The molecular weight excluding hydrogens is 443 g/mol. The van der Waals surface area contributed by atoms with Crippen LogP contribution in [0, 0.1) is 0 Å². The number of hydrogen-bond acceptors (Lipinski definition) is 6. The van der Waals surface area contributed by atoms with Crippen LogP contribution in [0.15, 0.2) is 0 Å². The van der Waals surface area contributed by atoms with E-state index in [1.807, 2.05) is 16.7 Å². The van der Waals surface area contributed by atoms with E-state index in [9.17, 15) is 17.6 Å². The van der Waals surface area contributed by atoms with Crippen LogP contribution in [0.2, 0.25) is 0 Å². The molecule has 2 aliphatic carbocycles. The van der Waals surface area contributed by atoms with Gasteiger partial charge in [-0.15, -0.1) is 11.8 Å². The van der Waals surface area contributed by atoms with E-state index in [2.05, 4.69) is 36.7 Å². The van der Waals surface area contributed by atoms with Crippen molar-refractivity contribution in [3.8, 4) is 0 Å². The summed E-state index contributed by atoms with van der Waals surface area (Å²) in [6, 6.07) is -0.217. The molecule has 2 amide bonds. The van der Waals surface area contributed by atoms with Gasteiger partial charge >= 0.3 is 6.03 Å². The van der Waals surface area contributed by atoms with Crippen LogP contribution in [0.3, 0.4) is 0 Å². The number of amides is 2. The van der Waals surface area contributed by atoms with Crippen LogP contribution in [-0.2, 0) is 10.0 Å². The molecule has 0 spiro atoms. The molecular formula is C19H36FN6O3S2+. The lowest BCUT2D eigenvalue weighted by Crippen LogP contribution is -2.54. The van der Waals surface area contributed by atoms with Crippen molar-refractivity contribution in [1.29, 1.82) is 0 Å². The van der Waals surface area contributed by atoms with Gasteiger partial charge in [0.2, 0.25) is 10.0 Å². The number of hydrazine groups is 1. The number of rotatable bonds is 8. The summed E-state index contributed by atoms with van der Waals surface area (Å²) in [7, 11) is 2.65. The van der Waals surface area contributed by atoms with Crippen molar-refractivity contribution in [2.45, 2.75) is 72.8 Å². The number of sulfonamides is 1. The summed E-state index contributed by atoms with van der Waals surface area (Å²) < 4.78 is 42.8. The fourth-order valence-corrected chi connectivity index (χ4v) is 7.76. The van der Waals surface area contributed by atoms with E-state index in [-0.39, 0.29) is 29.0 Å². The van der Waals surface area contributed by atoms with E-state index in [1.54, 1.807) is 11.8 Å². The second-order valence-corrected chi connectivity index (χ2v) is 13.8. The van der Waals surface area contributed by atoms with Gasteiger partial charge in [0, 0.05) is 0 Å². The van der Waals surface area contributed by atoms with E-state index in [4.69, 9.17) is 0 Å². The molecule has 2 saturated heterocycles. The predicted molar refractivity (Wildman–Crippen MR) is 119 cm³/mol. The lowest BCUT2D eigenvalue weighted by molar-refractivity contribution is -0.869. The van der Waals surface area contributed by atoms with Gasteiger partial charge in [-0.3, -0.25) is 4.90 Å². The van der Waals surface area contributed by atoms with Crippen LogP contribution in [-0.4, -0.2) is 103 Å². The Labute approximate surface area is 189 Å². The fourth-order valence-electron chi connectivity index (χ4n) is 4.80. The molecule has 9 nitrogen and oxygen atoms in total. The minimum absolute atomic E-state index is 0.000124. The van der Waals surface area contributed by atoms with E-state index < -0.39 is 27.5 Å². The highest BCUT2D eigenvalue weighted by Crippen LogP contribution is 2.42. The molecule has 2 aliphatic heterocycles. The second-order valence-electron chi connectivity index (χ2n) is 10.4. The first-order valence-electron chi connectivity index (χ1n) is 11.1. The maximum atomic E-state index is 13.5. The van der Waals surface area contributed by atoms with Gasteiger partial charge in [0.05, 0.1) is 62.5 Å². The standard InChI is InChI=1S/C19H36FN6O3S2/c1-13-21-22-17(30-13)25-16-11-14(31(28,29)23-19(12-20)7-8-19)5-6-15(16)24(18(25)27)9-10-26(2,3)4/h13-17,21-23H,5-12H2,1-4H3/q+1. The lowest BCUT2D eigenvalue weighted by Gasteiger charge is -2.38. The summed E-state index contributed by atoms with van der Waals surface area (Å²) >= 11 is 1.62. The highest BCUT2D eigenvalue weighted by Gasteiger charge is 2.55. The fraction of sp³-hybridized carbons (Fsp3) is 0.947. The summed E-state index contributed by atoms with van der Waals surface area (Å²) in [5, 5.41) is -0.455. The minimum atomic E-state index is -3.65. The lowest BCUT2D eigenvalue weighted by atomic mass is 9.90. The van der Waals surface area contributed by atoms with Crippen molar-refractivity contribution in [2.24, 2.45) is 0 Å². The molecule has 0 radical (unpaired) electrons. The summed E-state index contributed by atoms with van der Waals surface area (Å²) in [5.74, 6) is 0. The number of likely N-dealkylation sites (N-methyl/N-ethyl adjacent to an activating group) is 1. The van der Waals surface area contributed by atoms with Crippen molar-refractivity contribution in [3.63, 3.8) is 0 Å². The van der Waals surface area contributed by atoms with Crippen molar-refractivity contribution < 1.29 is 22.1 Å². The Balaban J connectivity index is 1.54. The topological polar surface area (TPSA) is 93.8 Å². The molecule has 0 aromatic carbocycles. The average Bonchev–Trinajstić information content (AvgIpc) is 3.22. The summed E-state index contributed by atoms with van der Waals surface area (Å²) in [4.78, 5) is 17.3. The molecule has 2 saturated carbocycles. The number of quaternary nitrogens is 1. The molecule has 4 rings (SSSR count). The van der Waals surface area contributed by atoms with Gasteiger partial charge in [-0.1, -0.05) is 0 Å². The van der Waals surface area contributed by atoms with Crippen LogP contribution < -0.4 is 15.6 Å². The molecule has 3 N–H and O–H groups in total. The van der Waals surface area contributed by atoms with Crippen molar-refractivity contribution in [1.82, 2.24) is 25.4 Å². The molecule has 4 aliphatic rings. The average molecular weight is 480 g/mol. The summed E-state index contributed by atoms with van der Waals surface area (Å²) in [6.45, 7) is 2.82. The number of carbonyl (C=O) groups excluding carboxylic acids is 1. The SMILES string of the molecule is CC1NNC(N2C(=O)N(CC[N+](C)(C)C)C3CCC(S(=O)(=O)NC4(CF)CC4)CC32)S1. The Morgan fingerprint density at radius 1 is 1.23 bits per heavy atom. The first-order chi connectivity index (χ1) is 14.4. The third kappa shape index (κ3) is 4.84.